The largest absolute Gasteiger partial charge is 0.491 e. The average Bonchev–Trinajstić information content (AvgIpc) is 3.50. The summed E-state index contributed by atoms with van der Waals surface area (Å²) in [6.45, 7) is 2.56. The smallest absolute Gasteiger partial charge is 0.127 e. The molecule has 0 bridgehead atoms. The summed E-state index contributed by atoms with van der Waals surface area (Å²) >= 11 is 0. The Balaban J connectivity index is 1.59. The van der Waals surface area contributed by atoms with Crippen molar-refractivity contribution in [3.05, 3.63) is 65.5 Å². The second kappa shape index (κ2) is 8.31. The predicted molar refractivity (Wildman–Crippen MR) is 97.2 cm³/mol. The Hall–Kier alpha value is -2.42. The van der Waals surface area contributed by atoms with Crippen molar-refractivity contribution in [3.63, 3.8) is 0 Å². The van der Waals surface area contributed by atoms with Gasteiger partial charge in [-0.1, -0.05) is 18.2 Å². The molecule has 1 saturated carbocycles. The van der Waals surface area contributed by atoms with Crippen molar-refractivity contribution < 1.29 is 14.2 Å². The summed E-state index contributed by atoms with van der Waals surface area (Å²) in [4.78, 5) is 2.16. The molecule has 1 fully saturated rings. The van der Waals surface area contributed by atoms with E-state index < -0.39 is 6.10 Å². The van der Waals surface area contributed by atoms with Crippen LogP contribution in [0.4, 0.5) is 4.39 Å². The first-order valence-corrected chi connectivity index (χ1v) is 8.89. The van der Waals surface area contributed by atoms with E-state index in [1.54, 1.807) is 36.4 Å². The van der Waals surface area contributed by atoms with E-state index in [0.717, 1.165) is 12.8 Å². The second-order valence-corrected chi connectivity index (χ2v) is 6.73. The van der Waals surface area contributed by atoms with Gasteiger partial charge in [-0.25, -0.2) is 4.39 Å². The Morgan fingerprint density at radius 1 is 1.23 bits per heavy atom. The lowest BCUT2D eigenvalue weighted by Gasteiger charge is -2.31. The van der Waals surface area contributed by atoms with Crippen molar-refractivity contribution in [1.29, 1.82) is 5.26 Å². The molecule has 2 aromatic carbocycles. The van der Waals surface area contributed by atoms with Gasteiger partial charge in [0.15, 0.2) is 0 Å². The van der Waals surface area contributed by atoms with Crippen molar-refractivity contribution >= 4 is 0 Å². The lowest BCUT2D eigenvalue weighted by Crippen LogP contribution is -2.39. The van der Waals surface area contributed by atoms with E-state index in [0.29, 0.717) is 29.5 Å². The summed E-state index contributed by atoms with van der Waals surface area (Å²) in [5.74, 6) is 0.400. The number of nitriles is 1. The number of rotatable bonds is 8. The summed E-state index contributed by atoms with van der Waals surface area (Å²) in [6.07, 6.45) is 1.46. The molecule has 0 aromatic heterocycles. The van der Waals surface area contributed by atoms with Crippen LogP contribution in [-0.4, -0.2) is 35.3 Å². The molecule has 2 atom stereocenters. The highest BCUT2D eigenvalue weighted by atomic mass is 19.1. The third kappa shape index (κ3) is 4.60. The molecule has 3 rings (SSSR count). The minimum Gasteiger partial charge on any atom is -0.491 e. The average molecular weight is 354 g/mol. The van der Waals surface area contributed by atoms with E-state index in [9.17, 15) is 9.50 Å². The van der Waals surface area contributed by atoms with Gasteiger partial charge in [0.1, 0.15) is 24.3 Å². The fourth-order valence-corrected chi connectivity index (χ4v) is 3.14. The van der Waals surface area contributed by atoms with Crippen molar-refractivity contribution in [2.45, 2.75) is 38.0 Å². The molecule has 0 spiro atoms. The maximum Gasteiger partial charge on any atom is 0.127 e. The fraction of sp³-hybridized carbons (Fsp3) is 0.381. The van der Waals surface area contributed by atoms with Gasteiger partial charge in [-0.3, -0.25) is 4.90 Å². The highest BCUT2D eigenvalue weighted by molar-refractivity contribution is 5.34. The highest BCUT2D eigenvalue weighted by Crippen LogP contribution is 2.35. The first-order valence-electron chi connectivity index (χ1n) is 8.89. The molecule has 136 valence electrons. The van der Waals surface area contributed by atoms with Crippen LogP contribution in [0.5, 0.6) is 5.75 Å². The monoisotopic (exact) mass is 354 g/mol. The highest BCUT2D eigenvalue weighted by Gasteiger charge is 2.34. The fourth-order valence-electron chi connectivity index (χ4n) is 3.14. The molecule has 1 aliphatic rings. The van der Waals surface area contributed by atoms with Crippen molar-refractivity contribution in [3.8, 4) is 11.8 Å². The van der Waals surface area contributed by atoms with Crippen molar-refractivity contribution in [1.82, 2.24) is 4.90 Å². The zero-order chi connectivity index (χ0) is 18.5. The minimum absolute atomic E-state index is 0.103. The number of ether oxygens (including phenoxy) is 1. The third-order valence-corrected chi connectivity index (χ3v) is 4.72. The molecule has 0 amide bonds. The SMILES string of the molecule is CC(c1ccccc1F)N(CC(O)COc1ccc(C#N)cc1)C1CC1. The van der Waals surface area contributed by atoms with Gasteiger partial charge in [-0.2, -0.15) is 5.26 Å². The Morgan fingerprint density at radius 3 is 2.54 bits per heavy atom. The van der Waals surface area contributed by atoms with Crippen LogP contribution in [0.15, 0.2) is 48.5 Å². The molecule has 26 heavy (non-hydrogen) atoms. The first kappa shape index (κ1) is 18.4. The van der Waals surface area contributed by atoms with Crippen LogP contribution in [0.1, 0.15) is 36.9 Å². The van der Waals surface area contributed by atoms with Gasteiger partial charge < -0.3 is 9.84 Å². The molecule has 1 N–H and O–H groups in total. The number of hydrogen-bond acceptors (Lipinski definition) is 4. The van der Waals surface area contributed by atoms with Crippen LogP contribution in [0.2, 0.25) is 0 Å². The van der Waals surface area contributed by atoms with Crippen LogP contribution in [0, 0.1) is 17.1 Å². The molecular weight excluding hydrogens is 331 g/mol. The summed E-state index contributed by atoms with van der Waals surface area (Å²) in [5, 5.41) is 19.2. The Kier molecular flexibility index (Phi) is 5.87. The van der Waals surface area contributed by atoms with E-state index in [1.807, 2.05) is 13.0 Å². The summed E-state index contributed by atoms with van der Waals surface area (Å²) < 4.78 is 19.7. The molecule has 0 aliphatic heterocycles. The number of aliphatic hydroxyl groups excluding tert-OH is 1. The predicted octanol–water partition coefficient (Wildman–Crippen LogP) is 3.66. The molecule has 0 radical (unpaired) electrons. The van der Waals surface area contributed by atoms with Gasteiger partial charge >= 0.3 is 0 Å². The van der Waals surface area contributed by atoms with E-state index in [-0.39, 0.29) is 18.5 Å². The van der Waals surface area contributed by atoms with Crippen molar-refractivity contribution in [2.24, 2.45) is 0 Å². The van der Waals surface area contributed by atoms with Gasteiger partial charge in [0.25, 0.3) is 0 Å². The number of benzene rings is 2. The summed E-state index contributed by atoms with van der Waals surface area (Å²) in [5.41, 5.74) is 1.22. The van der Waals surface area contributed by atoms with Gasteiger partial charge in [-0.15, -0.1) is 0 Å². The number of nitrogens with zero attached hydrogens (tertiary/aromatic N) is 2. The molecule has 0 heterocycles. The van der Waals surface area contributed by atoms with Gasteiger partial charge in [0, 0.05) is 24.2 Å². The van der Waals surface area contributed by atoms with Gasteiger partial charge in [-0.05, 0) is 50.1 Å². The maximum atomic E-state index is 14.1. The van der Waals surface area contributed by atoms with Crippen LogP contribution < -0.4 is 4.74 Å². The summed E-state index contributed by atoms with van der Waals surface area (Å²) in [7, 11) is 0. The molecule has 1 aliphatic carbocycles. The van der Waals surface area contributed by atoms with Crippen LogP contribution in [-0.2, 0) is 0 Å². The third-order valence-electron chi connectivity index (χ3n) is 4.72. The van der Waals surface area contributed by atoms with Crippen molar-refractivity contribution in [2.75, 3.05) is 13.2 Å². The van der Waals surface area contributed by atoms with E-state index in [1.165, 1.54) is 6.07 Å². The van der Waals surface area contributed by atoms with Crippen LogP contribution in [0.25, 0.3) is 0 Å². The van der Waals surface area contributed by atoms with E-state index >= 15 is 0 Å². The van der Waals surface area contributed by atoms with E-state index in [2.05, 4.69) is 11.0 Å². The molecule has 4 nitrogen and oxygen atoms in total. The number of hydrogen-bond donors (Lipinski definition) is 1. The van der Waals surface area contributed by atoms with Crippen LogP contribution in [0.3, 0.4) is 0 Å². The van der Waals surface area contributed by atoms with Gasteiger partial charge in [0.2, 0.25) is 0 Å². The zero-order valence-corrected chi connectivity index (χ0v) is 14.8. The summed E-state index contributed by atoms with van der Waals surface area (Å²) in [6, 6.07) is 15.9. The number of halogens is 1. The maximum absolute atomic E-state index is 14.1. The van der Waals surface area contributed by atoms with E-state index in [4.69, 9.17) is 10.00 Å². The molecule has 2 unspecified atom stereocenters. The lowest BCUT2D eigenvalue weighted by atomic mass is 10.1. The Bertz CT molecular complexity index is 768. The molecule has 2 aromatic rings. The lowest BCUT2D eigenvalue weighted by molar-refractivity contribution is 0.0502. The second-order valence-electron chi connectivity index (χ2n) is 6.73. The zero-order valence-electron chi connectivity index (χ0n) is 14.8. The minimum atomic E-state index is -0.680. The molecular formula is C21H23FN2O2. The van der Waals surface area contributed by atoms with Gasteiger partial charge in [0.05, 0.1) is 11.6 Å². The normalized spacial score (nSPS) is 16.1. The Morgan fingerprint density at radius 2 is 1.92 bits per heavy atom. The topological polar surface area (TPSA) is 56.5 Å². The quantitative estimate of drug-likeness (QED) is 0.786. The van der Waals surface area contributed by atoms with Crippen LogP contribution >= 0.6 is 0 Å². The molecule has 5 heteroatoms. The number of aliphatic hydroxyl groups is 1. The molecule has 0 saturated heterocycles. The Labute approximate surface area is 153 Å². The first-order chi connectivity index (χ1) is 12.6. The standard InChI is InChI=1S/C21H23FN2O2/c1-15(20-4-2-3-5-21(20)22)24(17-8-9-17)13-18(25)14-26-19-10-6-16(12-23)7-11-19/h2-7,10-11,15,17-18,25H,8-9,13-14H2,1H3.